The Balaban J connectivity index is 1.82. The van der Waals surface area contributed by atoms with Gasteiger partial charge in [0, 0.05) is 6.04 Å². The van der Waals surface area contributed by atoms with Crippen LogP contribution in [0.15, 0.2) is 60.8 Å². The Morgan fingerprint density at radius 2 is 1.74 bits per heavy atom. The molecule has 0 aliphatic rings. The molecule has 0 saturated heterocycles. The van der Waals surface area contributed by atoms with E-state index in [9.17, 15) is 18.0 Å². The fourth-order valence-corrected chi connectivity index (χ4v) is 4.20. The molecule has 1 aromatic heterocycles. The fraction of sp³-hybridized carbons (Fsp3) is 0.304. The minimum atomic E-state index is -3.70. The van der Waals surface area contributed by atoms with E-state index in [0.29, 0.717) is 6.42 Å². The Morgan fingerprint density at radius 3 is 2.32 bits per heavy atom. The van der Waals surface area contributed by atoms with Gasteiger partial charge in [-0.3, -0.25) is 9.59 Å². The van der Waals surface area contributed by atoms with Gasteiger partial charge in [-0.25, -0.2) is 13.1 Å². The van der Waals surface area contributed by atoms with E-state index in [-0.39, 0.29) is 18.7 Å². The van der Waals surface area contributed by atoms with Gasteiger partial charge in [0.2, 0.25) is 10.0 Å². The van der Waals surface area contributed by atoms with Crippen molar-refractivity contribution >= 4 is 21.9 Å². The predicted molar refractivity (Wildman–Crippen MR) is 126 cm³/mol. The maximum Gasteiger partial charge on any atom is 0.324 e. The lowest BCUT2D eigenvalue weighted by molar-refractivity contribution is -0.145. The van der Waals surface area contributed by atoms with Crippen molar-refractivity contribution in [2.24, 2.45) is 0 Å². The van der Waals surface area contributed by atoms with Gasteiger partial charge in [-0.1, -0.05) is 54.6 Å². The van der Waals surface area contributed by atoms with E-state index < -0.39 is 34.0 Å². The van der Waals surface area contributed by atoms with Crippen molar-refractivity contribution in [3.8, 4) is 11.1 Å². The van der Waals surface area contributed by atoms with Crippen molar-refractivity contribution in [2.75, 3.05) is 12.9 Å². The molecule has 0 saturated carbocycles. The Labute approximate surface area is 198 Å². The largest absolute Gasteiger partial charge is 0.465 e. The van der Waals surface area contributed by atoms with Crippen LogP contribution in [0.5, 0.6) is 0 Å². The third kappa shape index (κ3) is 7.49. The summed E-state index contributed by atoms with van der Waals surface area (Å²) in [6.07, 6.45) is 2.57. The SMILES string of the molecule is CCOC(=O)C(CC(Cc1ccc(-c2ccccc2)cc1)NC(=O)c1cn[nH]n1)NS(C)(=O)=O. The van der Waals surface area contributed by atoms with E-state index in [2.05, 4.69) is 25.4 Å². The van der Waals surface area contributed by atoms with Crippen LogP contribution in [0.25, 0.3) is 11.1 Å². The molecule has 3 aromatic rings. The molecule has 1 heterocycles. The van der Waals surface area contributed by atoms with Crippen molar-refractivity contribution in [3.63, 3.8) is 0 Å². The standard InChI is InChI=1S/C23H27N5O5S/c1-3-33-23(30)20(27-34(2,31)32)14-19(25-22(29)21-15-24-28-26-21)13-16-9-11-18(12-10-16)17-7-5-4-6-8-17/h4-12,15,19-20,27H,3,13-14H2,1-2H3,(H,25,29)(H,24,26,28). The molecule has 2 aromatic carbocycles. The Hall–Kier alpha value is -3.57. The second-order valence-corrected chi connectivity index (χ2v) is 9.50. The van der Waals surface area contributed by atoms with Gasteiger partial charge in [0.05, 0.1) is 19.1 Å². The number of hydrogen-bond donors (Lipinski definition) is 3. The molecule has 0 aliphatic carbocycles. The number of aromatic nitrogens is 3. The van der Waals surface area contributed by atoms with Crippen LogP contribution in [0.2, 0.25) is 0 Å². The summed E-state index contributed by atoms with van der Waals surface area (Å²) >= 11 is 0. The van der Waals surface area contributed by atoms with E-state index in [1.54, 1.807) is 6.92 Å². The van der Waals surface area contributed by atoms with Crippen molar-refractivity contribution in [2.45, 2.75) is 31.8 Å². The number of rotatable bonds is 11. The van der Waals surface area contributed by atoms with Gasteiger partial charge in [0.1, 0.15) is 6.04 Å². The number of esters is 1. The van der Waals surface area contributed by atoms with Crippen LogP contribution >= 0.6 is 0 Å². The Morgan fingerprint density at radius 1 is 1.06 bits per heavy atom. The molecule has 3 N–H and O–H groups in total. The number of carbonyl (C=O) groups excluding carboxylic acids is 2. The molecule has 11 heteroatoms. The molecular weight excluding hydrogens is 458 g/mol. The van der Waals surface area contributed by atoms with Gasteiger partial charge in [0.15, 0.2) is 5.69 Å². The fourth-order valence-electron chi connectivity index (χ4n) is 3.49. The zero-order valence-corrected chi connectivity index (χ0v) is 19.7. The summed E-state index contributed by atoms with van der Waals surface area (Å²) in [6, 6.07) is 15.9. The highest BCUT2D eigenvalue weighted by atomic mass is 32.2. The van der Waals surface area contributed by atoms with Gasteiger partial charge in [-0.2, -0.15) is 15.4 Å². The van der Waals surface area contributed by atoms with Crippen LogP contribution in [0.3, 0.4) is 0 Å². The summed E-state index contributed by atoms with van der Waals surface area (Å²) in [5, 5.41) is 12.6. The Bertz CT molecular complexity index is 1180. The highest BCUT2D eigenvalue weighted by Crippen LogP contribution is 2.20. The molecule has 34 heavy (non-hydrogen) atoms. The Kier molecular flexibility index (Phi) is 8.50. The van der Waals surface area contributed by atoms with E-state index in [1.807, 2.05) is 54.6 Å². The average Bonchev–Trinajstić information content (AvgIpc) is 3.34. The first-order chi connectivity index (χ1) is 16.2. The molecule has 2 atom stereocenters. The minimum absolute atomic E-state index is 0.0179. The van der Waals surface area contributed by atoms with Crippen LogP contribution in [0, 0.1) is 0 Å². The van der Waals surface area contributed by atoms with Crippen LogP contribution in [0.4, 0.5) is 0 Å². The summed E-state index contributed by atoms with van der Waals surface area (Å²) in [5.74, 6) is -1.21. The van der Waals surface area contributed by atoms with Crippen LogP contribution < -0.4 is 10.0 Å². The molecule has 1 amide bonds. The highest BCUT2D eigenvalue weighted by molar-refractivity contribution is 7.88. The number of hydrogen-bond acceptors (Lipinski definition) is 7. The molecule has 180 valence electrons. The van der Waals surface area contributed by atoms with Crippen molar-refractivity contribution < 1.29 is 22.7 Å². The van der Waals surface area contributed by atoms with Gasteiger partial charge >= 0.3 is 5.97 Å². The first-order valence-corrected chi connectivity index (χ1v) is 12.6. The van der Waals surface area contributed by atoms with E-state index in [0.717, 1.165) is 22.9 Å². The highest BCUT2D eigenvalue weighted by Gasteiger charge is 2.28. The number of sulfonamides is 1. The molecule has 3 rings (SSSR count). The molecular formula is C23H27N5O5S. The normalized spacial score (nSPS) is 13.1. The maximum absolute atomic E-state index is 12.6. The number of H-pyrrole nitrogens is 1. The number of nitrogens with zero attached hydrogens (tertiary/aromatic N) is 2. The smallest absolute Gasteiger partial charge is 0.324 e. The predicted octanol–water partition coefficient (Wildman–Crippen LogP) is 1.68. The average molecular weight is 486 g/mol. The molecule has 0 spiro atoms. The zero-order valence-electron chi connectivity index (χ0n) is 18.9. The van der Waals surface area contributed by atoms with Crippen molar-refractivity contribution in [1.82, 2.24) is 25.4 Å². The number of nitrogens with one attached hydrogen (secondary N) is 3. The molecule has 10 nitrogen and oxygen atoms in total. The van der Waals surface area contributed by atoms with E-state index >= 15 is 0 Å². The summed E-state index contributed by atoms with van der Waals surface area (Å²) in [4.78, 5) is 25.1. The first kappa shape index (κ1) is 25.1. The zero-order chi connectivity index (χ0) is 24.6. The van der Waals surface area contributed by atoms with Crippen molar-refractivity contribution in [1.29, 1.82) is 0 Å². The van der Waals surface area contributed by atoms with Crippen LogP contribution in [0.1, 0.15) is 29.4 Å². The van der Waals surface area contributed by atoms with Crippen molar-refractivity contribution in [3.05, 3.63) is 72.1 Å². The third-order valence-corrected chi connectivity index (χ3v) is 5.69. The maximum atomic E-state index is 12.6. The van der Waals surface area contributed by atoms with E-state index in [1.165, 1.54) is 6.20 Å². The van der Waals surface area contributed by atoms with Gasteiger partial charge in [-0.05, 0) is 36.5 Å². The summed E-state index contributed by atoms with van der Waals surface area (Å²) < 4.78 is 31.0. The minimum Gasteiger partial charge on any atom is -0.465 e. The summed E-state index contributed by atoms with van der Waals surface area (Å²) in [7, 11) is -3.70. The van der Waals surface area contributed by atoms with Crippen LogP contribution in [-0.4, -0.2) is 60.7 Å². The lowest BCUT2D eigenvalue weighted by Crippen LogP contribution is -2.47. The number of aromatic amines is 1. The topological polar surface area (TPSA) is 143 Å². The number of carbonyl (C=O) groups is 2. The van der Waals surface area contributed by atoms with Gasteiger partial charge < -0.3 is 10.1 Å². The number of ether oxygens (including phenoxy) is 1. The lowest BCUT2D eigenvalue weighted by atomic mass is 9.97. The quantitative estimate of drug-likeness (QED) is 0.351. The molecule has 2 unspecified atom stereocenters. The van der Waals surface area contributed by atoms with Crippen LogP contribution in [-0.2, 0) is 26.0 Å². The molecule has 0 fully saturated rings. The lowest BCUT2D eigenvalue weighted by Gasteiger charge is -2.24. The molecule has 0 radical (unpaired) electrons. The third-order valence-electron chi connectivity index (χ3n) is 4.97. The number of benzene rings is 2. The summed E-state index contributed by atoms with van der Waals surface area (Å²) in [6.45, 7) is 1.73. The second-order valence-electron chi connectivity index (χ2n) is 7.72. The van der Waals surface area contributed by atoms with Gasteiger partial charge in [-0.15, -0.1) is 0 Å². The van der Waals surface area contributed by atoms with E-state index in [4.69, 9.17) is 4.74 Å². The molecule has 0 aliphatic heterocycles. The number of amides is 1. The second kappa shape index (κ2) is 11.5. The summed E-state index contributed by atoms with van der Waals surface area (Å²) in [5.41, 5.74) is 3.08. The van der Waals surface area contributed by atoms with Gasteiger partial charge in [0.25, 0.3) is 5.91 Å². The monoisotopic (exact) mass is 485 g/mol. The first-order valence-electron chi connectivity index (χ1n) is 10.7. The molecule has 0 bridgehead atoms.